The molecule has 126 valence electrons. The van der Waals surface area contributed by atoms with Crippen LogP contribution in [0.3, 0.4) is 0 Å². The highest BCUT2D eigenvalue weighted by Gasteiger charge is 2.06. The van der Waals surface area contributed by atoms with E-state index in [0.717, 1.165) is 31.9 Å². The number of aryl methyl sites for hydroxylation is 1. The fourth-order valence-electron chi connectivity index (χ4n) is 1.95. The van der Waals surface area contributed by atoms with Crippen molar-refractivity contribution in [2.45, 2.75) is 44.9 Å². The van der Waals surface area contributed by atoms with Crippen molar-refractivity contribution in [2.24, 2.45) is 4.99 Å². The van der Waals surface area contributed by atoms with Crippen LogP contribution in [-0.2, 0) is 6.42 Å². The summed E-state index contributed by atoms with van der Waals surface area (Å²) in [5.74, 6) is 0.930. The highest BCUT2D eigenvalue weighted by molar-refractivity contribution is 14.0. The van der Waals surface area contributed by atoms with Crippen LogP contribution in [0.5, 0.6) is 0 Å². The fraction of sp³-hybridized carbons (Fsp3) is 0.588. The van der Waals surface area contributed by atoms with E-state index in [-0.39, 0.29) is 24.0 Å². The number of thioether (sulfide) groups is 1. The zero-order valence-corrected chi connectivity index (χ0v) is 17.3. The molecule has 2 N–H and O–H groups in total. The van der Waals surface area contributed by atoms with E-state index < -0.39 is 0 Å². The lowest BCUT2D eigenvalue weighted by Crippen LogP contribution is -2.42. The molecule has 0 heterocycles. The second-order valence-electron chi connectivity index (χ2n) is 5.34. The lowest BCUT2D eigenvalue weighted by atomic mass is 10.1. The summed E-state index contributed by atoms with van der Waals surface area (Å²) in [4.78, 5) is 4.65. The molecule has 0 spiro atoms. The molecule has 0 saturated carbocycles. The third kappa shape index (κ3) is 9.56. The fourth-order valence-corrected chi connectivity index (χ4v) is 2.17. The van der Waals surface area contributed by atoms with Gasteiger partial charge < -0.3 is 10.6 Å². The van der Waals surface area contributed by atoms with Gasteiger partial charge in [-0.15, -0.1) is 24.0 Å². The molecule has 0 radical (unpaired) electrons. The summed E-state index contributed by atoms with van der Waals surface area (Å²) in [6.45, 7) is 8.26. The predicted octanol–water partition coefficient (Wildman–Crippen LogP) is 3.93. The summed E-state index contributed by atoms with van der Waals surface area (Å²) in [7, 11) is 0. The smallest absolute Gasteiger partial charge is 0.191 e. The van der Waals surface area contributed by atoms with Gasteiger partial charge in [-0.25, -0.2) is 0 Å². The largest absolute Gasteiger partial charge is 0.357 e. The first-order valence-electron chi connectivity index (χ1n) is 7.77. The van der Waals surface area contributed by atoms with Crippen LogP contribution < -0.4 is 10.6 Å². The zero-order valence-electron chi connectivity index (χ0n) is 14.1. The zero-order chi connectivity index (χ0) is 15.5. The van der Waals surface area contributed by atoms with Crippen LogP contribution in [0.2, 0.25) is 0 Å². The number of halogens is 1. The highest BCUT2D eigenvalue weighted by Crippen LogP contribution is 2.06. The molecule has 0 bridgehead atoms. The molecule has 1 aromatic carbocycles. The van der Waals surface area contributed by atoms with Crippen molar-refractivity contribution < 1.29 is 0 Å². The Morgan fingerprint density at radius 1 is 1.23 bits per heavy atom. The Morgan fingerprint density at radius 2 is 1.91 bits per heavy atom. The molecule has 0 saturated heterocycles. The molecule has 1 aromatic rings. The average Bonchev–Trinajstić information content (AvgIpc) is 2.51. The Bertz CT molecular complexity index is 412. The molecule has 0 aliphatic heterocycles. The minimum absolute atomic E-state index is 0. The Balaban J connectivity index is 0.00000441. The summed E-state index contributed by atoms with van der Waals surface area (Å²) in [6.07, 6.45) is 4.32. The van der Waals surface area contributed by atoms with E-state index in [1.165, 1.54) is 5.56 Å². The highest BCUT2D eigenvalue weighted by atomic mass is 127. The van der Waals surface area contributed by atoms with Crippen LogP contribution in [0.15, 0.2) is 35.3 Å². The van der Waals surface area contributed by atoms with Gasteiger partial charge in [0.15, 0.2) is 5.96 Å². The second-order valence-corrected chi connectivity index (χ2v) is 6.61. The monoisotopic (exact) mass is 435 g/mol. The molecule has 2 atom stereocenters. The third-order valence-corrected chi connectivity index (χ3v) is 4.30. The van der Waals surface area contributed by atoms with Gasteiger partial charge in [0, 0.05) is 17.8 Å². The number of nitrogens with one attached hydrogen (secondary N) is 2. The third-order valence-electron chi connectivity index (χ3n) is 3.35. The van der Waals surface area contributed by atoms with E-state index in [4.69, 9.17) is 0 Å². The lowest BCUT2D eigenvalue weighted by Gasteiger charge is -2.18. The van der Waals surface area contributed by atoms with Crippen molar-refractivity contribution in [2.75, 3.05) is 19.3 Å². The van der Waals surface area contributed by atoms with Crippen molar-refractivity contribution in [3.63, 3.8) is 0 Å². The van der Waals surface area contributed by atoms with Gasteiger partial charge in [-0.1, -0.05) is 37.3 Å². The van der Waals surface area contributed by atoms with Gasteiger partial charge in [-0.2, -0.15) is 11.8 Å². The maximum Gasteiger partial charge on any atom is 0.191 e. The van der Waals surface area contributed by atoms with Crippen molar-refractivity contribution in [1.29, 1.82) is 0 Å². The van der Waals surface area contributed by atoms with Gasteiger partial charge >= 0.3 is 0 Å². The molecule has 0 fully saturated rings. The average molecular weight is 435 g/mol. The molecule has 0 aliphatic carbocycles. The van der Waals surface area contributed by atoms with E-state index in [1.807, 2.05) is 11.8 Å². The van der Waals surface area contributed by atoms with Crippen LogP contribution in [-0.4, -0.2) is 36.6 Å². The van der Waals surface area contributed by atoms with E-state index in [2.05, 4.69) is 73.0 Å². The van der Waals surface area contributed by atoms with Crippen molar-refractivity contribution in [1.82, 2.24) is 10.6 Å². The minimum Gasteiger partial charge on any atom is -0.357 e. The van der Waals surface area contributed by atoms with Gasteiger partial charge in [0.25, 0.3) is 0 Å². The summed E-state index contributed by atoms with van der Waals surface area (Å²) >= 11 is 1.85. The van der Waals surface area contributed by atoms with Crippen molar-refractivity contribution in [3.8, 4) is 0 Å². The first kappa shape index (κ1) is 21.6. The SMILES string of the molecule is CCNC(=NCC(C)SC)NC(C)CCc1ccccc1.I. The number of benzene rings is 1. The molecule has 0 amide bonds. The van der Waals surface area contributed by atoms with E-state index in [1.54, 1.807) is 0 Å². The number of aliphatic imine (C=N–C) groups is 1. The van der Waals surface area contributed by atoms with Crippen molar-refractivity contribution >= 4 is 41.7 Å². The van der Waals surface area contributed by atoms with Crippen LogP contribution in [0.4, 0.5) is 0 Å². The predicted molar refractivity (Wildman–Crippen MR) is 112 cm³/mol. The first-order chi connectivity index (χ1) is 10.2. The number of hydrogen-bond donors (Lipinski definition) is 2. The molecule has 5 heteroatoms. The quantitative estimate of drug-likeness (QED) is 0.369. The summed E-state index contributed by atoms with van der Waals surface area (Å²) < 4.78 is 0. The van der Waals surface area contributed by atoms with Gasteiger partial charge in [0.1, 0.15) is 0 Å². The maximum atomic E-state index is 4.65. The molecule has 0 aliphatic rings. The maximum absolute atomic E-state index is 4.65. The van der Waals surface area contributed by atoms with Crippen molar-refractivity contribution in [3.05, 3.63) is 35.9 Å². The van der Waals surface area contributed by atoms with Gasteiger partial charge in [0.05, 0.1) is 6.54 Å². The molecule has 2 unspecified atom stereocenters. The van der Waals surface area contributed by atoms with Crippen LogP contribution in [0, 0.1) is 0 Å². The molecule has 0 aromatic heterocycles. The molecule has 1 rings (SSSR count). The number of nitrogens with zero attached hydrogens (tertiary/aromatic N) is 1. The van der Waals surface area contributed by atoms with Gasteiger partial charge in [-0.05, 0) is 38.5 Å². The van der Waals surface area contributed by atoms with E-state index >= 15 is 0 Å². The minimum atomic E-state index is 0. The Hall–Kier alpha value is -0.430. The Kier molecular flexibility index (Phi) is 12.8. The molecule has 22 heavy (non-hydrogen) atoms. The van der Waals surface area contributed by atoms with Crippen LogP contribution >= 0.6 is 35.7 Å². The van der Waals surface area contributed by atoms with E-state index in [9.17, 15) is 0 Å². The van der Waals surface area contributed by atoms with Crippen LogP contribution in [0.1, 0.15) is 32.8 Å². The number of rotatable bonds is 8. The Labute approximate surface area is 157 Å². The standard InChI is InChI=1S/C17H29N3S.HI/c1-5-18-17(19-13-15(3)21-4)20-14(2)11-12-16-9-7-6-8-10-16;/h6-10,14-15H,5,11-13H2,1-4H3,(H2,18,19,20);1H. The number of guanidine groups is 1. The summed E-state index contributed by atoms with van der Waals surface area (Å²) in [5.41, 5.74) is 1.39. The number of hydrogen-bond acceptors (Lipinski definition) is 2. The summed E-state index contributed by atoms with van der Waals surface area (Å²) in [5, 5.41) is 7.37. The second kappa shape index (κ2) is 13.0. The molecular formula is C17H30IN3S. The van der Waals surface area contributed by atoms with E-state index in [0.29, 0.717) is 11.3 Å². The normalized spacial score (nSPS) is 13.9. The molecule has 3 nitrogen and oxygen atoms in total. The van der Waals surface area contributed by atoms with Gasteiger partial charge in [-0.3, -0.25) is 4.99 Å². The summed E-state index contributed by atoms with van der Waals surface area (Å²) in [6, 6.07) is 11.0. The first-order valence-corrected chi connectivity index (χ1v) is 9.06. The topological polar surface area (TPSA) is 36.4 Å². The van der Waals surface area contributed by atoms with Gasteiger partial charge in [0.2, 0.25) is 0 Å². The lowest BCUT2D eigenvalue weighted by molar-refractivity contribution is 0.593. The van der Waals surface area contributed by atoms with Crippen LogP contribution in [0.25, 0.3) is 0 Å². The molecular weight excluding hydrogens is 405 g/mol. The Morgan fingerprint density at radius 3 is 2.50 bits per heavy atom.